The van der Waals surface area contributed by atoms with Gasteiger partial charge in [0.1, 0.15) is 0 Å². The van der Waals surface area contributed by atoms with E-state index in [1.165, 1.54) is 56.6 Å². The van der Waals surface area contributed by atoms with Gasteiger partial charge in [-0.25, -0.2) is 0 Å². The predicted octanol–water partition coefficient (Wildman–Crippen LogP) is 1.06. The molecule has 1 aliphatic rings. The van der Waals surface area contributed by atoms with Crippen LogP contribution in [0.3, 0.4) is 0 Å². The van der Waals surface area contributed by atoms with Gasteiger partial charge in [-0.05, 0) is 6.42 Å². The summed E-state index contributed by atoms with van der Waals surface area (Å²) in [5.74, 6) is 0. The Hall–Kier alpha value is -0.673. The summed E-state index contributed by atoms with van der Waals surface area (Å²) in [4.78, 5) is 0. The second-order valence-electron chi connectivity index (χ2n) is 8.28. The van der Waals surface area contributed by atoms with Gasteiger partial charge in [-0.2, -0.15) is 0 Å². The molecule has 0 nitrogen and oxygen atoms in total. The Morgan fingerprint density at radius 3 is 2.14 bits per heavy atom. The molecule has 0 N–H and O–H groups in total. The second kappa shape index (κ2) is 10.4. The van der Waals surface area contributed by atoms with Crippen molar-refractivity contribution in [3.8, 4) is 0 Å². The van der Waals surface area contributed by atoms with Crippen molar-refractivity contribution in [1.29, 1.82) is 0 Å². The number of hydrogen-bond acceptors (Lipinski definition) is 0. The molecule has 28 heavy (non-hydrogen) atoms. The fourth-order valence-corrected chi connectivity index (χ4v) is 4.82. The zero-order valence-electron chi connectivity index (χ0n) is 17.2. The monoisotopic (exact) mass is 593 g/mol. The number of halogens is 2. The van der Waals surface area contributed by atoms with E-state index >= 15 is 0 Å². The van der Waals surface area contributed by atoms with Gasteiger partial charge in [-0.3, -0.25) is 0 Å². The van der Waals surface area contributed by atoms with E-state index < -0.39 is 8.07 Å². The maximum atomic E-state index is 2.46. The minimum Gasteiger partial charge on any atom is -1.00 e. The Morgan fingerprint density at radius 1 is 0.929 bits per heavy atom. The zero-order valence-corrected chi connectivity index (χ0v) is 23.3. The molecule has 0 unspecified atom stereocenters. The standard InChI is InChI=1S/C21H21Si.C3H6.2ClH.Hf/c1-22(2,3)17-12-11-16(13-17)19-9-6-10-20-18-8-5-4-7-15(18)14-21(19)20;1-3-2;;;/h4-10,12-14H,11H2,1-3H3;1-2H3;2*1H;/q-1;;;;+2/p-2. The van der Waals surface area contributed by atoms with E-state index in [0.29, 0.717) is 0 Å². The Bertz CT molecular complexity index is 1030. The van der Waals surface area contributed by atoms with Crippen LogP contribution in [0.5, 0.6) is 0 Å². The van der Waals surface area contributed by atoms with E-state index in [2.05, 4.69) is 94.2 Å². The van der Waals surface area contributed by atoms with Gasteiger partial charge in [0.2, 0.25) is 0 Å². The van der Waals surface area contributed by atoms with Crippen molar-refractivity contribution < 1.29 is 48.7 Å². The molecule has 4 heteroatoms. The molecule has 0 radical (unpaired) electrons. The van der Waals surface area contributed by atoms with E-state index in [9.17, 15) is 0 Å². The van der Waals surface area contributed by atoms with Gasteiger partial charge in [0, 0.05) is 0 Å². The van der Waals surface area contributed by atoms with Crippen LogP contribution in [0.4, 0.5) is 0 Å². The average molecular weight is 593 g/mol. The van der Waals surface area contributed by atoms with Gasteiger partial charge in [0.15, 0.2) is 0 Å². The number of benzene rings is 2. The molecule has 0 saturated carbocycles. The molecule has 4 rings (SSSR count). The third-order valence-corrected chi connectivity index (χ3v) is 6.82. The van der Waals surface area contributed by atoms with Crippen LogP contribution >= 0.6 is 0 Å². The normalized spacial score (nSPS) is 13.1. The number of fused-ring (bicyclic) bond motifs is 3. The molecule has 146 valence electrons. The van der Waals surface area contributed by atoms with E-state index in [1.807, 2.05) is 0 Å². The smallest absolute Gasteiger partial charge is 0.0771 e. The summed E-state index contributed by atoms with van der Waals surface area (Å²) in [6.45, 7) is 11.6. The summed E-state index contributed by atoms with van der Waals surface area (Å²) >= 11 is 1.27. The molecule has 3 aromatic rings. The van der Waals surface area contributed by atoms with Gasteiger partial charge >= 0.3 is 41.0 Å². The summed E-state index contributed by atoms with van der Waals surface area (Å²) < 4.78 is 1.56. The van der Waals surface area contributed by atoms with Crippen LogP contribution in [0.1, 0.15) is 25.8 Å². The molecule has 0 amide bonds. The zero-order chi connectivity index (χ0) is 18.9. The largest absolute Gasteiger partial charge is 1.00 e. The Morgan fingerprint density at radius 2 is 1.54 bits per heavy atom. The molecule has 0 fully saturated rings. The van der Waals surface area contributed by atoms with Gasteiger partial charge < -0.3 is 24.8 Å². The maximum Gasteiger partial charge on any atom is 0.0771 e. The van der Waals surface area contributed by atoms with Gasteiger partial charge in [0.25, 0.3) is 0 Å². The first kappa shape index (κ1) is 25.4. The van der Waals surface area contributed by atoms with Crippen molar-refractivity contribution in [2.75, 3.05) is 0 Å². The SMILES string of the molecule is C[C](C)=[Hf+2].C[Si](C)(C)C1=CCC(c2cccc3c2[cH-]c2ccccc23)=C1.[Cl-].[Cl-]. The Kier molecular flexibility index (Phi) is 9.41. The fraction of sp³-hybridized carbons (Fsp3) is 0.250. The number of allylic oxidation sites excluding steroid dienone is 4. The Balaban J connectivity index is 0.000000601. The molecular formula is C24H27Cl2HfSi-. The van der Waals surface area contributed by atoms with Crippen LogP contribution in [0.2, 0.25) is 19.6 Å². The number of hydrogen-bond donors (Lipinski definition) is 0. The van der Waals surface area contributed by atoms with Crippen LogP contribution in [-0.4, -0.2) is 11.3 Å². The van der Waals surface area contributed by atoms with Crippen molar-refractivity contribution in [2.24, 2.45) is 0 Å². The summed E-state index contributed by atoms with van der Waals surface area (Å²) in [5.41, 5.74) is 2.90. The second-order valence-corrected chi connectivity index (χ2v) is 17.0. The topological polar surface area (TPSA) is 0 Å². The molecular weight excluding hydrogens is 566 g/mol. The molecule has 0 spiro atoms. The minimum atomic E-state index is -1.21. The first-order valence-corrected chi connectivity index (χ1v) is 14.6. The summed E-state index contributed by atoms with van der Waals surface area (Å²) in [5, 5.41) is 7.10. The van der Waals surface area contributed by atoms with E-state index in [1.54, 1.807) is 8.45 Å². The summed E-state index contributed by atoms with van der Waals surface area (Å²) in [6, 6.07) is 17.8. The predicted molar refractivity (Wildman–Crippen MR) is 117 cm³/mol. The molecule has 0 aliphatic heterocycles. The molecule has 1 aliphatic carbocycles. The third kappa shape index (κ3) is 5.69. The summed E-state index contributed by atoms with van der Waals surface area (Å²) in [6.07, 6.45) is 5.99. The first-order valence-electron chi connectivity index (χ1n) is 9.28. The molecule has 0 aromatic heterocycles. The van der Waals surface area contributed by atoms with Crippen molar-refractivity contribution in [3.63, 3.8) is 0 Å². The minimum absolute atomic E-state index is 0. The molecule has 3 aromatic carbocycles. The van der Waals surface area contributed by atoms with Crippen molar-refractivity contribution in [1.82, 2.24) is 0 Å². The maximum absolute atomic E-state index is 2.46. The van der Waals surface area contributed by atoms with Crippen LogP contribution < -0.4 is 24.8 Å². The molecule has 0 heterocycles. The van der Waals surface area contributed by atoms with Crippen LogP contribution in [0.15, 0.2) is 65.9 Å². The first-order chi connectivity index (χ1) is 12.3. The van der Waals surface area contributed by atoms with Gasteiger partial charge in [0.05, 0.1) is 8.07 Å². The Labute approximate surface area is 197 Å². The quantitative estimate of drug-likeness (QED) is 0.309. The van der Waals surface area contributed by atoms with Crippen molar-refractivity contribution in [2.45, 2.75) is 39.9 Å². The third-order valence-electron chi connectivity index (χ3n) is 4.74. The van der Waals surface area contributed by atoms with Crippen molar-refractivity contribution in [3.05, 3.63) is 71.4 Å². The van der Waals surface area contributed by atoms with Crippen LogP contribution in [0.25, 0.3) is 27.1 Å². The molecule has 0 saturated heterocycles. The van der Waals surface area contributed by atoms with Crippen molar-refractivity contribution >= 4 is 38.4 Å². The summed E-state index contributed by atoms with van der Waals surface area (Å²) in [7, 11) is -1.21. The van der Waals surface area contributed by atoms with E-state index in [0.717, 1.165) is 6.42 Å². The average Bonchev–Trinajstić information content (AvgIpc) is 3.18. The molecule has 0 bridgehead atoms. The van der Waals surface area contributed by atoms with Crippen LogP contribution in [-0.2, 0) is 23.9 Å². The van der Waals surface area contributed by atoms with E-state index in [4.69, 9.17) is 0 Å². The molecule has 0 atom stereocenters. The van der Waals surface area contributed by atoms with Gasteiger partial charge in [-0.15, -0.1) is 33.7 Å². The van der Waals surface area contributed by atoms with E-state index in [-0.39, 0.29) is 24.8 Å². The van der Waals surface area contributed by atoms with Gasteiger partial charge in [-0.1, -0.05) is 84.5 Å². The number of rotatable bonds is 2. The fourth-order valence-electron chi connectivity index (χ4n) is 3.50. The van der Waals surface area contributed by atoms with Crippen LogP contribution in [0, 0.1) is 0 Å².